The minimum absolute atomic E-state index is 0.0711. The quantitative estimate of drug-likeness (QED) is 0.579. The summed E-state index contributed by atoms with van der Waals surface area (Å²) in [5, 5.41) is 14.3. The molecule has 3 aromatic rings. The number of aromatic nitrogens is 5. The van der Waals surface area contributed by atoms with Crippen molar-refractivity contribution in [1.82, 2.24) is 24.5 Å². The summed E-state index contributed by atoms with van der Waals surface area (Å²) in [7, 11) is 0. The van der Waals surface area contributed by atoms with Gasteiger partial charge in [-0.05, 0) is 19.1 Å². The summed E-state index contributed by atoms with van der Waals surface area (Å²) in [4.78, 5) is 26.9. The van der Waals surface area contributed by atoms with E-state index in [9.17, 15) is 10.1 Å². The summed E-state index contributed by atoms with van der Waals surface area (Å²) >= 11 is 0. The minimum atomic E-state index is -0.534. The normalized spacial score (nSPS) is 10.4. The lowest BCUT2D eigenvalue weighted by molar-refractivity contribution is -0.384. The fourth-order valence-corrected chi connectivity index (χ4v) is 1.94. The van der Waals surface area contributed by atoms with Gasteiger partial charge >= 0.3 is 5.69 Å². The Balaban J connectivity index is 2.08. The third kappa shape index (κ3) is 2.59. The fraction of sp³-hybridized carbons (Fsp3) is 0.0769. The van der Waals surface area contributed by atoms with Crippen LogP contribution in [0.5, 0.6) is 0 Å². The molecule has 0 spiro atoms. The topological polar surface area (TPSA) is 112 Å². The van der Waals surface area contributed by atoms with Crippen LogP contribution in [0.15, 0.2) is 43.2 Å². The van der Waals surface area contributed by atoms with E-state index in [-0.39, 0.29) is 17.3 Å². The number of anilines is 2. The van der Waals surface area contributed by atoms with E-state index in [2.05, 4.69) is 25.3 Å². The number of hydrogen-bond donors (Lipinski definition) is 1. The molecule has 3 aromatic heterocycles. The first-order valence-electron chi connectivity index (χ1n) is 6.33. The molecule has 0 aliphatic heterocycles. The average Bonchev–Trinajstić information content (AvgIpc) is 3.01. The van der Waals surface area contributed by atoms with Crippen molar-refractivity contribution in [2.45, 2.75) is 6.92 Å². The van der Waals surface area contributed by atoms with Crippen LogP contribution in [0.25, 0.3) is 5.82 Å². The molecular weight excluding hydrogens is 286 g/mol. The molecule has 22 heavy (non-hydrogen) atoms. The van der Waals surface area contributed by atoms with E-state index >= 15 is 0 Å². The third-order valence-electron chi connectivity index (χ3n) is 2.87. The number of pyridine rings is 1. The summed E-state index contributed by atoms with van der Waals surface area (Å²) in [5.74, 6) is 0.674. The number of imidazole rings is 1. The van der Waals surface area contributed by atoms with Gasteiger partial charge in [-0.15, -0.1) is 0 Å². The minimum Gasteiger partial charge on any atom is -0.319 e. The van der Waals surface area contributed by atoms with Gasteiger partial charge in [-0.3, -0.25) is 14.7 Å². The molecule has 0 radical (unpaired) electrons. The van der Waals surface area contributed by atoms with Gasteiger partial charge in [0.2, 0.25) is 11.6 Å². The molecule has 3 heterocycles. The van der Waals surface area contributed by atoms with Crippen LogP contribution in [0, 0.1) is 17.0 Å². The maximum atomic E-state index is 11.4. The molecule has 0 aliphatic rings. The second-order valence-corrected chi connectivity index (χ2v) is 4.41. The van der Waals surface area contributed by atoms with Crippen LogP contribution in [0.4, 0.5) is 17.3 Å². The van der Waals surface area contributed by atoms with Crippen LogP contribution in [0.3, 0.4) is 0 Å². The number of nitrogens with zero attached hydrogens (tertiary/aromatic N) is 6. The molecule has 3 rings (SSSR count). The number of nitrogens with one attached hydrogen (secondary N) is 1. The predicted octanol–water partition coefficient (Wildman–Crippen LogP) is 2.02. The maximum absolute atomic E-state index is 11.4. The van der Waals surface area contributed by atoms with Crippen LogP contribution in [0.2, 0.25) is 0 Å². The highest BCUT2D eigenvalue weighted by atomic mass is 16.6. The summed E-state index contributed by atoms with van der Waals surface area (Å²) < 4.78 is 1.45. The number of aryl methyl sites for hydroxylation is 1. The second-order valence-electron chi connectivity index (χ2n) is 4.41. The summed E-state index contributed by atoms with van der Waals surface area (Å²) in [6, 6.07) is 5.33. The molecule has 0 aliphatic carbocycles. The molecule has 0 unspecified atom stereocenters. The Bertz CT molecular complexity index is 817. The van der Waals surface area contributed by atoms with Gasteiger partial charge in [0.15, 0.2) is 0 Å². The summed E-state index contributed by atoms with van der Waals surface area (Å²) in [5.41, 5.74) is 0.542. The van der Waals surface area contributed by atoms with Crippen molar-refractivity contribution < 1.29 is 4.92 Å². The number of rotatable bonds is 4. The molecule has 0 fully saturated rings. The zero-order chi connectivity index (χ0) is 15.5. The fourth-order valence-electron chi connectivity index (χ4n) is 1.94. The van der Waals surface area contributed by atoms with Crippen LogP contribution in [-0.4, -0.2) is 29.4 Å². The molecule has 0 bridgehead atoms. The molecule has 9 nitrogen and oxygen atoms in total. The van der Waals surface area contributed by atoms with E-state index in [1.165, 1.54) is 23.4 Å². The van der Waals surface area contributed by atoms with Crippen LogP contribution in [-0.2, 0) is 0 Å². The third-order valence-corrected chi connectivity index (χ3v) is 2.87. The van der Waals surface area contributed by atoms with Gasteiger partial charge in [0.1, 0.15) is 18.5 Å². The van der Waals surface area contributed by atoms with Gasteiger partial charge in [-0.1, -0.05) is 6.07 Å². The number of nitro groups is 1. The Morgan fingerprint density at radius 1 is 1.32 bits per heavy atom. The van der Waals surface area contributed by atoms with E-state index in [0.717, 1.165) is 5.69 Å². The molecule has 9 heteroatoms. The molecule has 0 saturated heterocycles. The smallest absolute Gasteiger partial charge is 0.319 e. The summed E-state index contributed by atoms with van der Waals surface area (Å²) in [6.45, 7) is 1.83. The molecule has 0 saturated carbocycles. The molecule has 1 N–H and O–H groups in total. The SMILES string of the molecule is Cc1cccc(Nc2ncnc(-n3ccnc3)c2[N+](=O)[O-])n1. The van der Waals surface area contributed by atoms with E-state index in [4.69, 9.17) is 0 Å². The van der Waals surface area contributed by atoms with Gasteiger partial charge in [0.05, 0.1) is 4.92 Å². The van der Waals surface area contributed by atoms with Gasteiger partial charge in [0, 0.05) is 18.1 Å². The highest BCUT2D eigenvalue weighted by Gasteiger charge is 2.24. The standard InChI is InChI=1S/C13H11N7O2/c1-9-3-2-4-10(17-9)18-12-11(20(21)22)13(16-7-15-12)19-6-5-14-8-19/h2-8H,1H3,(H,15,16,17,18). The zero-order valence-corrected chi connectivity index (χ0v) is 11.5. The Kier molecular flexibility index (Phi) is 3.44. The van der Waals surface area contributed by atoms with E-state index in [1.807, 2.05) is 13.0 Å². The lowest BCUT2D eigenvalue weighted by Crippen LogP contribution is -2.07. The second kappa shape index (κ2) is 5.56. The van der Waals surface area contributed by atoms with E-state index < -0.39 is 4.92 Å². The lowest BCUT2D eigenvalue weighted by atomic mass is 10.3. The molecular formula is C13H11N7O2. The molecule has 0 amide bonds. The van der Waals surface area contributed by atoms with E-state index in [0.29, 0.717) is 5.82 Å². The number of hydrogen-bond acceptors (Lipinski definition) is 7. The highest BCUT2D eigenvalue weighted by molar-refractivity contribution is 5.68. The van der Waals surface area contributed by atoms with Crippen molar-refractivity contribution in [3.8, 4) is 5.82 Å². The van der Waals surface area contributed by atoms with Crippen molar-refractivity contribution in [3.05, 3.63) is 59.1 Å². The van der Waals surface area contributed by atoms with Crippen molar-refractivity contribution in [2.75, 3.05) is 5.32 Å². The summed E-state index contributed by atoms with van der Waals surface area (Å²) in [6.07, 6.45) is 5.77. The molecule has 110 valence electrons. The van der Waals surface area contributed by atoms with Crippen molar-refractivity contribution >= 4 is 17.3 Å². The van der Waals surface area contributed by atoms with Gasteiger partial charge in [-0.25, -0.2) is 19.9 Å². The largest absolute Gasteiger partial charge is 0.354 e. The Hall–Kier alpha value is -3.36. The monoisotopic (exact) mass is 297 g/mol. The maximum Gasteiger partial charge on any atom is 0.354 e. The van der Waals surface area contributed by atoms with Gasteiger partial charge < -0.3 is 5.32 Å². The molecule has 0 atom stereocenters. The van der Waals surface area contributed by atoms with Crippen LogP contribution < -0.4 is 5.32 Å². The van der Waals surface area contributed by atoms with E-state index in [1.54, 1.807) is 18.3 Å². The lowest BCUT2D eigenvalue weighted by Gasteiger charge is -2.08. The Labute approximate surface area is 124 Å². The van der Waals surface area contributed by atoms with Crippen LogP contribution >= 0.6 is 0 Å². The van der Waals surface area contributed by atoms with Crippen molar-refractivity contribution in [2.24, 2.45) is 0 Å². The highest BCUT2D eigenvalue weighted by Crippen LogP contribution is 2.29. The van der Waals surface area contributed by atoms with Crippen molar-refractivity contribution in [3.63, 3.8) is 0 Å². The Morgan fingerprint density at radius 2 is 2.18 bits per heavy atom. The molecule has 0 aromatic carbocycles. The first-order valence-corrected chi connectivity index (χ1v) is 6.33. The average molecular weight is 297 g/mol. The van der Waals surface area contributed by atoms with Gasteiger partial charge in [-0.2, -0.15) is 0 Å². The zero-order valence-electron chi connectivity index (χ0n) is 11.5. The van der Waals surface area contributed by atoms with Gasteiger partial charge in [0.25, 0.3) is 0 Å². The van der Waals surface area contributed by atoms with Crippen molar-refractivity contribution in [1.29, 1.82) is 0 Å². The van der Waals surface area contributed by atoms with Crippen LogP contribution in [0.1, 0.15) is 5.69 Å². The predicted molar refractivity (Wildman–Crippen MR) is 78.1 cm³/mol. The first kappa shape index (κ1) is 13.6. The Morgan fingerprint density at radius 3 is 2.86 bits per heavy atom. The first-order chi connectivity index (χ1) is 10.6.